The Hall–Kier alpha value is -1.57. The maximum Gasteiger partial charge on any atom is 0.0568 e. The molecule has 0 aliphatic heterocycles. The van der Waals surface area contributed by atoms with Crippen LogP contribution < -0.4 is 0 Å². The molecule has 0 spiro atoms. The molecule has 0 radical (unpaired) electrons. The topological polar surface area (TPSA) is 17.8 Å². The van der Waals surface area contributed by atoms with Crippen LogP contribution in [0.5, 0.6) is 0 Å². The molecule has 3 rings (SSSR count). The molecule has 1 aromatic heterocycles. The summed E-state index contributed by atoms with van der Waals surface area (Å²) in [6.07, 6.45) is 11.1. The van der Waals surface area contributed by atoms with Gasteiger partial charge in [-0.3, -0.25) is 4.68 Å². The van der Waals surface area contributed by atoms with Crippen LogP contribution in [-0.4, -0.2) is 9.78 Å². The van der Waals surface area contributed by atoms with Gasteiger partial charge in [0.25, 0.3) is 0 Å². The molecule has 2 aromatic rings. The molecule has 0 unspecified atom stereocenters. The zero-order valence-corrected chi connectivity index (χ0v) is 10.8. The minimum absolute atomic E-state index is 0.835. The van der Waals surface area contributed by atoms with Gasteiger partial charge in [-0.25, -0.2) is 0 Å². The fraction of sp³-hybridized carbons (Fsp3) is 0.438. The molecule has 1 fully saturated rings. The molecule has 2 heteroatoms. The maximum atomic E-state index is 4.50. The van der Waals surface area contributed by atoms with Gasteiger partial charge in [0.2, 0.25) is 0 Å². The lowest BCUT2D eigenvalue weighted by Gasteiger charge is -2.21. The molecule has 0 amide bonds. The number of nitrogens with zero attached hydrogens (tertiary/aromatic N) is 2. The first kappa shape index (κ1) is 11.5. The van der Waals surface area contributed by atoms with Crippen molar-refractivity contribution in [1.29, 1.82) is 0 Å². The first-order valence-corrected chi connectivity index (χ1v) is 7.00. The van der Waals surface area contributed by atoms with E-state index in [1.54, 1.807) is 0 Å². The van der Waals surface area contributed by atoms with Crippen LogP contribution in [0.3, 0.4) is 0 Å². The van der Waals surface area contributed by atoms with Crippen LogP contribution in [0.15, 0.2) is 42.7 Å². The predicted octanol–water partition coefficient (Wildman–Crippen LogP) is 4.13. The average molecular weight is 240 g/mol. The SMILES string of the molecule is c1ccc(-c2cnn(CC3CCCCC3)c2)cc1. The average Bonchev–Trinajstić information content (AvgIpc) is 2.89. The molecule has 1 heterocycles. The molecule has 0 bridgehead atoms. The van der Waals surface area contributed by atoms with E-state index in [0.29, 0.717) is 0 Å². The Bertz CT molecular complexity index is 481. The van der Waals surface area contributed by atoms with Crippen LogP contribution in [0.1, 0.15) is 32.1 Å². The Labute approximate surface area is 109 Å². The van der Waals surface area contributed by atoms with Crippen LogP contribution in [-0.2, 0) is 6.54 Å². The van der Waals surface area contributed by atoms with Gasteiger partial charge in [0.05, 0.1) is 6.20 Å². The van der Waals surface area contributed by atoms with E-state index in [9.17, 15) is 0 Å². The zero-order chi connectivity index (χ0) is 12.2. The molecule has 1 saturated carbocycles. The normalized spacial score (nSPS) is 16.9. The molecule has 0 atom stereocenters. The predicted molar refractivity (Wildman–Crippen MR) is 74.2 cm³/mol. The smallest absolute Gasteiger partial charge is 0.0568 e. The monoisotopic (exact) mass is 240 g/mol. The van der Waals surface area contributed by atoms with E-state index in [0.717, 1.165) is 12.5 Å². The van der Waals surface area contributed by atoms with E-state index in [-0.39, 0.29) is 0 Å². The highest BCUT2D eigenvalue weighted by Crippen LogP contribution is 2.25. The quantitative estimate of drug-likeness (QED) is 0.788. The Morgan fingerprint density at radius 3 is 2.56 bits per heavy atom. The summed E-state index contributed by atoms with van der Waals surface area (Å²) in [5.41, 5.74) is 2.49. The zero-order valence-electron chi connectivity index (χ0n) is 10.8. The second-order valence-electron chi connectivity index (χ2n) is 5.32. The Kier molecular flexibility index (Phi) is 3.44. The summed E-state index contributed by atoms with van der Waals surface area (Å²) in [7, 11) is 0. The highest BCUT2D eigenvalue weighted by atomic mass is 15.3. The molecule has 2 nitrogen and oxygen atoms in total. The van der Waals surface area contributed by atoms with Crippen molar-refractivity contribution in [2.24, 2.45) is 5.92 Å². The van der Waals surface area contributed by atoms with Gasteiger partial charge in [-0.2, -0.15) is 5.10 Å². The fourth-order valence-corrected chi connectivity index (χ4v) is 2.88. The molecule has 94 valence electrons. The second-order valence-corrected chi connectivity index (χ2v) is 5.32. The molecule has 1 aliphatic rings. The van der Waals surface area contributed by atoms with E-state index in [1.165, 1.54) is 43.2 Å². The summed E-state index contributed by atoms with van der Waals surface area (Å²) in [5, 5.41) is 4.50. The van der Waals surface area contributed by atoms with Crippen LogP contribution in [0.25, 0.3) is 11.1 Å². The van der Waals surface area contributed by atoms with Gasteiger partial charge in [0, 0.05) is 18.3 Å². The van der Waals surface area contributed by atoms with Crippen molar-refractivity contribution in [3.05, 3.63) is 42.7 Å². The third-order valence-electron chi connectivity index (χ3n) is 3.91. The van der Waals surface area contributed by atoms with Gasteiger partial charge in [-0.05, 0) is 24.3 Å². The minimum Gasteiger partial charge on any atom is -0.272 e. The number of hydrogen-bond acceptors (Lipinski definition) is 1. The van der Waals surface area contributed by atoms with Gasteiger partial charge in [0.15, 0.2) is 0 Å². The van der Waals surface area contributed by atoms with Gasteiger partial charge in [-0.15, -0.1) is 0 Å². The van der Waals surface area contributed by atoms with Gasteiger partial charge in [-0.1, -0.05) is 49.6 Å². The molecule has 18 heavy (non-hydrogen) atoms. The van der Waals surface area contributed by atoms with E-state index in [1.807, 2.05) is 6.20 Å². The lowest BCUT2D eigenvalue weighted by Crippen LogP contribution is -2.14. The highest BCUT2D eigenvalue weighted by Gasteiger charge is 2.14. The van der Waals surface area contributed by atoms with Crippen LogP contribution in [0.4, 0.5) is 0 Å². The Morgan fingerprint density at radius 1 is 1.00 bits per heavy atom. The van der Waals surface area contributed by atoms with E-state index in [2.05, 4.69) is 46.3 Å². The summed E-state index contributed by atoms with van der Waals surface area (Å²) in [5.74, 6) is 0.835. The number of rotatable bonds is 3. The van der Waals surface area contributed by atoms with Gasteiger partial charge in [0.1, 0.15) is 0 Å². The van der Waals surface area contributed by atoms with E-state index in [4.69, 9.17) is 0 Å². The van der Waals surface area contributed by atoms with Crippen molar-refractivity contribution in [2.45, 2.75) is 38.6 Å². The molecule has 0 saturated heterocycles. The lowest BCUT2D eigenvalue weighted by molar-refractivity contribution is 0.308. The number of hydrogen-bond donors (Lipinski definition) is 0. The van der Waals surface area contributed by atoms with Crippen molar-refractivity contribution >= 4 is 0 Å². The first-order valence-electron chi connectivity index (χ1n) is 7.00. The maximum absolute atomic E-state index is 4.50. The molecular formula is C16H20N2. The Balaban J connectivity index is 1.69. The fourth-order valence-electron chi connectivity index (χ4n) is 2.88. The van der Waals surface area contributed by atoms with Crippen molar-refractivity contribution in [1.82, 2.24) is 9.78 Å². The standard InChI is InChI=1S/C16H20N2/c1-3-7-14(8-4-1)12-18-13-16(11-17-18)15-9-5-2-6-10-15/h2,5-6,9-11,13-14H,1,3-4,7-8,12H2. The van der Waals surface area contributed by atoms with Crippen LogP contribution in [0, 0.1) is 5.92 Å². The highest BCUT2D eigenvalue weighted by molar-refractivity contribution is 5.61. The van der Waals surface area contributed by atoms with Crippen molar-refractivity contribution in [2.75, 3.05) is 0 Å². The summed E-state index contributed by atoms with van der Waals surface area (Å²) >= 11 is 0. The summed E-state index contributed by atoms with van der Waals surface area (Å²) in [6.45, 7) is 1.09. The van der Waals surface area contributed by atoms with Crippen molar-refractivity contribution in [3.8, 4) is 11.1 Å². The van der Waals surface area contributed by atoms with Crippen molar-refractivity contribution in [3.63, 3.8) is 0 Å². The lowest BCUT2D eigenvalue weighted by atomic mass is 9.89. The van der Waals surface area contributed by atoms with E-state index < -0.39 is 0 Å². The van der Waals surface area contributed by atoms with Gasteiger partial charge >= 0.3 is 0 Å². The number of aromatic nitrogens is 2. The molecule has 1 aliphatic carbocycles. The molecule has 1 aromatic carbocycles. The summed E-state index contributed by atoms with van der Waals surface area (Å²) in [6, 6.07) is 10.5. The largest absolute Gasteiger partial charge is 0.272 e. The number of benzene rings is 1. The minimum atomic E-state index is 0.835. The molecular weight excluding hydrogens is 220 g/mol. The van der Waals surface area contributed by atoms with Crippen LogP contribution >= 0.6 is 0 Å². The van der Waals surface area contributed by atoms with Crippen molar-refractivity contribution < 1.29 is 0 Å². The van der Waals surface area contributed by atoms with Crippen LogP contribution in [0.2, 0.25) is 0 Å². The summed E-state index contributed by atoms with van der Waals surface area (Å²) < 4.78 is 2.12. The second kappa shape index (κ2) is 5.38. The Morgan fingerprint density at radius 2 is 1.78 bits per heavy atom. The first-order chi connectivity index (χ1) is 8.92. The molecule has 0 N–H and O–H groups in total. The third-order valence-corrected chi connectivity index (χ3v) is 3.91. The summed E-state index contributed by atoms with van der Waals surface area (Å²) in [4.78, 5) is 0. The van der Waals surface area contributed by atoms with E-state index >= 15 is 0 Å². The van der Waals surface area contributed by atoms with Gasteiger partial charge < -0.3 is 0 Å². The third kappa shape index (κ3) is 2.63.